The first-order valence-electron chi connectivity index (χ1n) is 7.14. The molecule has 114 valence electrons. The van der Waals surface area contributed by atoms with E-state index >= 15 is 0 Å². The Hall–Kier alpha value is -2.14. The third-order valence-electron chi connectivity index (χ3n) is 3.54. The van der Waals surface area contributed by atoms with Crippen molar-refractivity contribution < 1.29 is 9.53 Å². The van der Waals surface area contributed by atoms with E-state index in [1.54, 1.807) is 23.4 Å². The van der Waals surface area contributed by atoms with E-state index in [1.165, 1.54) is 6.33 Å². The van der Waals surface area contributed by atoms with Crippen molar-refractivity contribution in [1.82, 2.24) is 9.97 Å². The number of ether oxygens (including phenoxy) is 1. The molecule has 0 saturated heterocycles. The van der Waals surface area contributed by atoms with Crippen LogP contribution in [-0.4, -0.2) is 28.5 Å². The molecule has 2 aromatic rings. The van der Waals surface area contributed by atoms with Crippen molar-refractivity contribution in [2.75, 3.05) is 11.4 Å². The Bertz CT molecular complexity index is 678. The molecule has 0 saturated carbocycles. The van der Waals surface area contributed by atoms with E-state index in [0.29, 0.717) is 30.2 Å². The van der Waals surface area contributed by atoms with Gasteiger partial charge in [-0.15, -0.1) is 0 Å². The number of rotatable bonds is 3. The summed E-state index contributed by atoms with van der Waals surface area (Å²) in [6.07, 6.45) is 5.86. The number of fused-ring (bicyclic) bond motifs is 1. The summed E-state index contributed by atoms with van der Waals surface area (Å²) in [6, 6.07) is 5.45. The molecule has 0 aliphatic carbocycles. The summed E-state index contributed by atoms with van der Waals surface area (Å²) in [5, 5.41) is 0.526. The Labute approximate surface area is 133 Å². The minimum Gasteiger partial charge on any atom is -0.485 e. The molecule has 1 amide bonds. The highest BCUT2D eigenvalue weighted by Gasteiger charge is 2.28. The quantitative estimate of drug-likeness (QED) is 0.873. The second-order valence-electron chi connectivity index (χ2n) is 5.27. The lowest BCUT2D eigenvalue weighted by molar-refractivity contribution is -0.119. The SMILES string of the molecule is C[C@@H]1CN(C(=O)CCc2cncnc2)c2cccc(Cl)c2O1. The third kappa shape index (κ3) is 3.04. The third-order valence-corrected chi connectivity index (χ3v) is 3.84. The smallest absolute Gasteiger partial charge is 0.227 e. The van der Waals surface area contributed by atoms with Crippen molar-refractivity contribution in [3.63, 3.8) is 0 Å². The van der Waals surface area contributed by atoms with E-state index in [0.717, 1.165) is 11.3 Å². The number of anilines is 1. The number of para-hydroxylation sites is 1. The van der Waals surface area contributed by atoms with Crippen LogP contribution in [0.3, 0.4) is 0 Å². The van der Waals surface area contributed by atoms with Gasteiger partial charge in [-0.2, -0.15) is 0 Å². The largest absolute Gasteiger partial charge is 0.485 e. The van der Waals surface area contributed by atoms with Gasteiger partial charge in [0, 0.05) is 18.8 Å². The van der Waals surface area contributed by atoms with E-state index in [1.807, 2.05) is 19.1 Å². The predicted molar refractivity (Wildman–Crippen MR) is 84.2 cm³/mol. The minimum atomic E-state index is -0.0867. The normalized spacial score (nSPS) is 16.8. The van der Waals surface area contributed by atoms with Crippen LogP contribution in [0.4, 0.5) is 5.69 Å². The zero-order chi connectivity index (χ0) is 15.5. The molecule has 1 aromatic carbocycles. The van der Waals surface area contributed by atoms with Gasteiger partial charge in [-0.3, -0.25) is 4.79 Å². The standard InChI is InChI=1S/C16H16ClN3O2/c1-11-9-20(14-4-2-3-13(17)16(14)22-11)15(21)6-5-12-7-18-10-19-8-12/h2-4,7-8,10-11H,5-6,9H2,1H3/t11-/m1/s1. The molecule has 2 heterocycles. The summed E-state index contributed by atoms with van der Waals surface area (Å²) in [4.78, 5) is 22.2. The summed E-state index contributed by atoms with van der Waals surface area (Å²) >= 11 is 6.17. The number of carbonyl (C=O) groups is 1. The highest BCUT2D eigenvalue weighted by Crippen LogP contribution is 2.39. The van der Waals surface area contributed by atoms with Gasteiger partial charge in [0.2, 0.25) is 5.91 Å². The molecule has 22 heavy (non-hydrogen) atoms. The Morgan fingerprint density at radius 3 is 2.95 bits per heavy atom. The molecule has 0 N–H and O–H groups in total. The number of hydrogen-bond donors (Lipinski definition) is 0. The number of amides is 1. The van der Waals surface area contributed by atoms with Gasteiger partial charge in [0.25, 0.3) is 0 Å². The highest BCUT2D eigenvalue weighted by molar-refractivity contribution is 6.32. The molecule has 1 aromatic heterocycles. The number of carbonyl (C=O) groups excluding carboxylic acids is 1. The predicted octanol–water partition coefficient (Wildman–Crippen LogP) is 2.88. The maximum atomic E-state index is 12.6. The Morgan fingerprint density at radius 2 is 2.18 bits per heavy atom. The number of benzene rings is 1. The van der Waals surface area contributed by atoms with Gasteiger partial charge >= 0.3 is 0 Å². The van der Waals surface area contributed by atoms with Crippen molar-refractivity contribution in [2.24, 2.45) is 0 Å². The maximum Gasteiger partial charge on any atom is 0.227 e. The number of halogens is 1. The average molecular weight is 318 g/mol. The molecule has 1 atom stereocenters. The van der Waals surface area contributed by atoms with Gasteiger partial charge in [0.15, 0.2) is 5.75 Å². The zero-order valence-electron chi connectivity index (χ0n) is 12.2. The molecule has 0 spiro atoms. The van der Waals surface area contributed by atoms with Gasteiger partial charge in [-0.1, -0.05) is 17.7 Å². The lowest BCUT2D eigenvalue weighted by Crippen LogP contribution is -2.42. The molecular weight excluding hydrogens is 302 g/mol. The van der Waals surface area contributed by atoms with E-state index in [9.17, 15) is 4.79 Å². The lowest BCUT2D eigenvalue weighted by atomic mass is 10.1. The fraction of sp³-hybridized carbons (Fsp3) is 0.312. The van der Waals surface area contributed by atoms with Crippen LogP contribution in [0.15, 0.2) is 36.9 Å². The molecular formula is C16H16ClN3O2. The molecule has 5 nitrogen and oxygen atoms in total. The van der Waals surface area contributed by atoms with Gasteiger partial charge in [-0.05, 0) is 31.0 Å². The van der Waals surface area contributed by atoms with Crippen molar-refractivity contribution in [3.05, 3.63) is 47.5 Å². The van der Waals surface area contributed by atoms with E-state index in [2.05, 4.69) is 9.97 Å². The van der Waals surface area contributed by atoms with Gasteiger partial charge < -0.3 is 9.64 Å². The molecule has 6 heteroatoms. The number of aromatic nitrogens is 2. The maximum absolute atomic E-state index is 12.6. The van der Waals surface area contributed by atoms with Crippen LogP contribution in [0.5, 0.6) is 5.75 Å². The van der Waals surface area contributed by atoms with Gasteiger partial charge in [-0.25, -0.2) is 9.97 Å². The molecule has 0 unspecified atom stereocenters. The first-order valence-corrected chi connectivity index (χ1v) is 7.52. The average Bonchev–Trinajstić information content (AvgIpc) is 2.54. The topological polar surface area (TPSA) is 55.3 Å². The number of aryl methyl sites for hydroxylation is 1. The summed E-state index contributed by atoms with van der Waals surface area (Å²) in [6.45, 7) is 2.45. The minimum absolute atomic E-state index is 0.0440. The van der Waals surface area contributed by atoms with Crippen LogP contribution in [0.25, 0.3) is 0 Å². The number of hydrogen-bond acceptors (Lipinski definition) is 4. The monoisotopic (exact) mass is 317 g/mol. The molecule has 0 bridgehead atoms. The van der Waals surface area contributed by atoms with Crippen molar-refractivity contribution in [3.8, 4) is 5.75 Å². The second-order valence-corrected chi connectivity index (χ2v) is 5.67. The molecule has 3 rings (SSSR count). The van der Waals surface area contributed by atoms with Gasteiger partial charge in [0.1, 0.15) is 12.4 Å². The summed E-state index contributed by atoms with van der Waals surface area (Å²) < 4.78 is 5.76. The summed E-state index contributed by atoms with van der Waals surface area (Å²) in [5.74, 6) is 0.627. The van der Waals surface area contributed by atoms with E-state index in [4.69, 9.17) is 16.3 Å². The highest BCUT2D eigenvalue weighted by atomic mass is 35.5. The number of nitrogens with zero attached hydrogens (tertiary/aromatic N) is 3. The van der Waals surface area contributed by atoms with Crippen molar-refractivity contribution in [1.29, 1.82) is 0 Å². The molecule has 0 fully saturated rings. The van der Waals surface area contributed by atoms with Crippen LogP contribution in [0.2, 0.25) is 5.02 Å². The first-order chi connectivity index (χ1) is 10.6. The van der Waals surface area contributed by atoms with Crippen molar-refractivity contribution >= 4 is 23.2 Å². The van der Waals surface area contributed by atoms with Gasteiger partial charge in [0.05, 0.1) is 17.3 Å². The van der Waals surface area contributed by atoms with Crippen LogP contribution in [0.1, 0.15) is 18.9 Å². The molecule has 1 aliphatic rings. The molecule has 1 aliphatic heterocycles. The first kappa shape index (κ1) is 14.8. The zero-order valence-corrected chi connectivity index (χ0v) is 13.0. The Kier molecular flexibility index (Phi) is 4.24. The summed E-state index contributed by atoms with van der Waals surface area (Å²) in [7, 11) is 0. The van der Waals surface area contributed by atoms with Crippen LogP contribution < -0.4 is 9.64 Å². The van der Waals surface area contributed by atoms with Crippen LogP contribution >= 0.6 is 11.6 Å². The van der Waals surface area contributed by atoms with Crippen molar-refractivity contribution in [2.45, 2.75) is 25.9 Å². The Balaban J connectivity index is 1.77. The lowest BCUT2D eigenvalue weighted by Gasteiger charge is -2.34. The van der Waals surface area contributed by atoms with E-state index < -0.39 is 0 Å². The van der Waals surface area contributed by atoms with E-state index in [-0.39, 0.29) is 12.0 Å². The summed E-state index contributed by atoms with van der Waals surface area (Å²) in [5.41, 5.74) is 1.68. The fourth-order valence-corrected chi connectivity index (χ4v) is 2.72. The van der Waals surface area contributed by atoms with Crippen LogP contribution in [-0.2, 0) is 11.2 Å². The Morgan fingerprint density at radius 1 is 1.41 bits per heavy atom. The second kappa shape index (κ2) is 6.32. The molecule has 0 radical (unpaired) electrons. The van der Waals surface area contributed by atoms with Crippen LogP contribution in [0, 0.1) is 0 Å². The fourth-order valence-electron chi connectivity index (χ4n) is 2.50.